The van der Waals surface area contributed by atoms with Gasteiger partial charge in [-0.05, 0) is 72.7 Å². The maximum atomic E-state index is 12.8. The second kappa shape index (κ2) is 10.4. The Morgan fingerprint density at radius 2 is 1.97 bits per heavy atom. The monoisotopic (exact) mass is 451 g/mol. The number of nitrogens with one attached hydrogen (secondary N) is 1. The summed E-state index contributed by atoms with van der Waals surface area (Å²) in [5, 5.41) is 5.79. The lowest BCUT2D eigenvalue weighted by atomic mass is 10.1. The molecule has 1 atom stereocenters. The molecular formula is C24H25N3O4S. The number of ether oxygens (including phenoxy) is 2. The van der Waals surface area contributed by atoms with Crippen LogP contribution in [0.15, 0.2) is 66.0 Å². The molecule has 1 unspecified atom stereocenters. The van der Waals surface area contributed by atoms with Gasteiger partial charge in [0.25, 0.3) is 5.91 Å². The van der Waals surface area contributed by atoms with Crippen molar-refractivity contribution in [2.75, 3.05) is 23.5 Å². The highest BCUT2D eigenvalue weighted by molar-refractivity contribution is 7.13. The molecule has 4 rings (SSSR count). The number of hydrogen-bond acceptors (Lipinski definition) is 6. The Morgan fingerprint density at radius 3 is 2.69 bits per heavy atom. The zero-order chi connectivity index (χ0) is 22.3. The molecule has 0 spiro atoms. The second-order valence-electron chi connectivity index (χ2n) is 7.49. The third kappa shape index (κ3) is 5.53. The van der Waals surface area contributed by atoms with Crippen LogP contribution in [0, 0.1) is 0 Å². The molecule has 7 nitrogen and oxygen atoms in total. The summed E-state index contributed by atoms with van der Waals surface area (Å²) in [6, 6.07) is 18.0. The average Bonchev–Trinajstić information content (AvgIpc) is 3.38. The predicted molar refractivity (Wildman–Crippen MR) is 126 cm³/mol. The summed E-state index contributed by atoms with van der Waals surface area (Å²) in [5.74, 6) is 5.76. The van der Waals surface area contributed by atoms with Gasteiger partial charge in [0.2, 0.25) is 0 Å². The molecule has 1 aliphatic heterocycles. The molecule has 0 radical (unpaired) electrons. The van der Waals surface area contributed by atoms with Gasteiger partial charge in [0.15, 0.2) is 0 Å². The van der Waals surface area contributed by atoms with Crippen LogP contribution in [0.1, 0.15) is 29.6 Å². The summed E-state index contributed by atoms with van der Waals surface area (Å²) in [5.41, 5.74) is 2.52. The Balaban J connectivity index is 1.34. The third-order valence-corrected chi connectivity index (χ3v) is 6.12. The summed E-state index contributed by atoms with van der Waals surface area (Å²) < 4.78 is 10.8. The topological polar surface area (TPSA) is 93.9 Å². The quantitative estimate of drug-likeness (QED) is 0.311. The zero-order valence-electron chi connectivity index (χ0n) is 17.5. The minimum Gasteiger partial charge on any atom is -0.447 e. The predicted octanol–water partition coefficient (Wildman–Crippen LogP) is 5.05. The molecule has 1 saturated heterocycles. The number of thiophene rings is 1. The standard InChI is InChI=1S/C24H25N3O4S/c25-27(20-6-3-5-18(15-20)22-8-4-14-32-22)23(28)17-9-11-19(12-10-17)26-24(29)31-16-21-7-1-2-13-30-21/h3-6,8-12,14-15,21H,1-2,7,13,16,25H2,(H,26,29). The third-order valence-electron chi connectivity index (χ3n) is 5.20. The van der Waals surface area contributed by atoms with Crippen LogP contribution in [0.4, 0.5) is 16.2 Å². The lowest BCUT2D eigenvalue weighted by Crippen LogP contribution is -2.37. The van der Waals surface area contributed by atoms with Crippen LogP contribution in [0.2, 0.25) is 0 Å². The van der Waals surface area contributed by atoms with Crippen molar-refractivity contribution in [1.82, 2.24) is 0 Å². The van der Waals surface area contributed by atoms with Crippen LogP contribution < -0.4 is 16.2 Å². The first-order valence-electron chi connectivity index (χ1n) is 10.5. The fourth-order valence-electron chi connectivity index (χ4n) is 3.47. The minimum atomic E-state index is -0.552. The van der Waals surface area contributed by atoms with Crippen molar-refractivity contribution in [3.63, 3.8) is 0 Å². The number of nitrogens with two attached hydrogens (primary N) is 1. The highest BCUT2D eigenvalue weighted by Gasteiger charge is 2.17. The molecule has 1 aliphatic rings. The maximum absolute atomic E-state index is 12.8. The molecule has 32 heavy (non-hydrogen) atoms. The molecule has 2 amide bonds. The van der Waals surface area contributed by atoms with E-state index in [1.807, 2.05) is 35.7 Å². The van der Waals surface area contributed by atoms with E-state index in [1.54, 1.807) is 41.7 Å². The maximum Gasteiger partial charge on any atom is 0.411 e. The SMILES string of the molecule is NN(C(=O)c1ccc(NC(=O)OCC2CCCCO2)cc1)c1cccc(-c2cccs2)c1. The van der Waals surface area contributed by atoms with Crippen LogP contribution in [-0.2, 0) is 9.47 Å². The molecule has 0 aliphatic carbocycles. The van der Waals surface area contributed by atoms with Crippen molar-refractivity contribution in [2.24, 2.45) is 5.84 Å². The summed E-state index contributed by atoms with van der Waals surface area (Å²) in [6.45, 7) is 0.941. The minimum absolute atomic E-state index is 0.0386. The molecule has 3 N–H and O–H groups in total. The molecule has 0 bridgehead atoms. The number of benzene rings is 2. The van der Waals surface area contributed by atoms with Gasteiger partial charge in [-0.3, -0.25) is 10.1 Å². The first kappa shape index (κ1) is 22.0. The van der Waals surface area contributed by atoms with E-state index in [0.717, 1.165) is 34.7 Å². The van der Waals surface area contributed by atoms with Crippen LogP contribution >= 0.6 is 11.3 Å². The Kier molecular flexibility index (Phi) is 7.16. The number of carbonyl (C=O) groups excluding carboxylic acids is 2. The number of hydrazine groups is 1. The van der Waals surface area contributed by atoms with Gasteiger partial charge in [0.05, 0.1) is 11.8 Å². The van der Waals surface area contributed by atoms with Crippen LogP contribution in [-0.4, -0.2) is 31.3 Å². The molecule has 3 aromatic rings. The summed E-state index contributed by atoms with van der Waals surface area (Å²) in [6.07, 6.45) is 2.44. The molecule has 1 aromatic heterocycles. The van der Waals surface area contributed by atoms with Crippen molar-refractivity contribution in [1.29, 1.82) is 0 Å². The number of carbonyl (C=O) groups is 2. The van der Waals surface area contributed by atoms with Crippen LogP contribution in [0.3, 0.4) is 0 Å². The van der Waals surface area contributed by atoms with E-state index in [9.17, 15) is 9.59 Å². The van der Waals surface area contributed by atoms with E-state index >= 15 is 0 Å². The van der Waals surface area contributed by atoms with E-state index in [2.05, 4.69) is 5.32 Å². The van der Waals surface area contributed by atoms with E-state index in [-0.39, 0.29) is 18.6 Å². The van der Waals surface area contributed by atoms with Crippen molar-refractivity contribution < 1.29 is 19.1 Å². The van der Waals surface area contributed by atoms with Gasteiger partial charge in [-0.15, -0.1) is 11.3 Å². The number of amides is 2. The number of hydrogen-bond donors (Lipinski definition) is 2. The van der Waals surface area contributed by atoms with Gasteiger partial charge in [-0.2, -0.15) is 0 Å². The van der Waals surface area contributed by atoms with E-state index in [1.165, 1.54) is 0 Å². The highest BCUT2D eigenvalue weighted by atomic mass is 32.1. The highest BCUT2D eigenvalue weighted by Crippen LogP contribution is 2.28. The summed E-state index contributed by atoms with van der Waals surface area (Å²) >= 11 is 1.62. The first-order chi connectivity index (χ1) is 15.6. The van der Waals surface area contributed by atoms with Gasteiger partial charge in [0, 0.05) is 22.7 Å². The molecule has 2 heterocycles. The van der Waals surface area contributed by atoms with Gasteiger partial charge in [-0.1, -0.05) is 18.2 Å². The number of nitrogens with zero attached hydrogens (tertiary/aromatic N) is 1. The average molecular weight is 452 g/mol. The Labute approximate surface area is 190 Å². The molecule has 2 aromatic carbocycles. The van der Waals surface area contributed by atoms with Gasteiger partial charge < -0.3 is 9.47 Å². The van der Waals surface area contributed by atoms with Crippen molar-refractivity contribution >= 4 is 34.7 Å². The van der Waals surface area contributed by atoms with Gasteiger partial charge in [0.1, 0.15) is 6.61 Å². The summed E-state index contributed by atoms with van der Waals surface area (Å²) in [4.78, 5) is 25.9. The number of rotatable bonds is 6. The van der Waals surface area contributed by atoms with E-state index < -0.39 is 6.09 Å². The summed E-state index contributed by atoms with van der Waals surface area (Å²) in [7, 11) is 0. The molecular weight excluding hydrogens is 426 g/mol. The Morgan fingerprint density at radius 1 is 1.12 bits per heavy atom. The zero-order valence-corrected chi connectivity index (χ0v) is 18.3. The van der Waals surface area contributed by atoms with Gasteiger partial charge >= 0.3 is 6.09 Å². The first-order valence-corrected chi connectivity index (χ1v) is 11.4. The Hall–Kier alpha value is -3.20. The second-order valence-corrected chi connectivity index (χ2v) is 8.44. The van der Waals surface area contributed by atoms with E-state index in [4.69, 9.17) is 15.3 Å². The Bertz CT molecular complexity index is 1050. The lowest BCUT2D eigenvalue weighted by Gasteiger charge is -2.22. The fourth-order valence-corrected chi connectivity index (χ4v) is 4.19. The molecule has 0 saturated carbocycles. The largest absolute Gasteiger partial charge is 0.447 e. The smallest absolute Gasteiger partial charge is 0.411 e. The fraction of sp³-hybridized carbons (Fsp3) is 0.250. The van der Waals surface area contributed by atoms with Crippen molar-refractivity contribution in [3.05, 3.63) is 71.6 Å². The normalized spacial score (nSPS) is 15.7. The molecule has 166 valence electrons. The van der Waals surface area contributed by atoms with Crippen LogP contribution in [0.25, 0.3) is 10.4 Å². The van der Waals surface area contributed by atoms with Crippen LogP contribution in [0.5, 0.6) is 0 Å². The number of anilines is 2. The lowest BCUT2D eigenvalue weighted by molar-refractivity contribution is -0.0203. The van der Waals surface area contributed by atoms with Crippen molar-refractivity contribution in [2.45, 2.75) is 25.4 Å². The molecule has 8 heteroatoms. The van der Waals surface area contributed by atoms with E-state index in [0.29, 0.717) is 23.5 Å². The van der Waals surface area contributed by atoms with Gasteiger partial charge in [-0.25, -0.2) is 15.6 Å². The van der Waals surface area contributed by atoms with Crippen molar-refractivity contribution in [3.8, 4) is 10.4 Å². The molecule has 1 fully saturated rings.